The van der Waals surface area contributed by atoms with Crippen molar-refractivity contribution >= 4 is 17.6 Å². The van der Waals surface area contributed by atoms with E-state index in [0.717, 1.165) is 6.08 Å². The summed E-state index contributed by atoms with van der Waals surface area (Å²) < 4.78 is 4.42. The van der Waals surface area contributed by atoms with E-state index < -0.39 is 17.6 Å². The van der Waals surface area contributed by atoms with Gasteiger partial charge in [0.2, 0.25) is 5.56 Å². The van der Waals surface area contributed by atoms with Gasteiger partial charge in [0, 0.05) is 6.08 Å². The van der Waals surface area contributed by atoms with Crippen LogP contribution in [-0.2, 0) is 9.53 Å². The molecular weight excluding hydrogens is 204 g/mol. The standard InChI is InChI=1S/C6H9ClO3.C4H8/c1-3-5(9)10-6(7)4(2)8;1-3-4-2/h3-4,6,8H,1H2,2H3;3-4H,1-2H3. The maximum atomic E-state index is 10.4. The molecule has 0 aliphatic rings. The lowest BCUT2D eigenvalue weighted by molar-refractivity contribution is -0.142. The molecule has 0 aliphatic heterocycles. The Kier molecular flexibility index (Phi) is 11.5. The van der Waals surface area contributed by atoms with E-state index >= 15 is 0 Å². The molecule has 0 amide bonds. The molecule has 0 aromatic carbocycles. The lowest BCUT2D eigenvalue weighted by Crippen LogP contribution is -2.22. The summed E-state index contributed by atoms with van der Waals surface area (Å²) in [6, 6.07) is 0. The summed E-state index contributed by atoms with van der Waals surface area (Å²) in [6.45, 7) is 8.58. The monoisotopic (exact) mass is 220 g/mol. The van der Waals surface area contributed by atoms with Crippen molar-refractivity contribution in [2.75, 3.05) is 0 Å². The van der Waals surface area contributed by atoms with Gasteiger partial charge in [-0.05, 0) is 20.8 Å². The van der Waals surface area contributed by atoms with E-state index in [4.69, 9.17) is 16.7 Å². The summed E-state index contributed by atoms with van der Waals surface area (Å²) in [4.78, 5) is 10.4. The van der Waals surface area contributed by atoms with Gasteiger partial charge in [-0.1, -0.05) is 30.3 Å². The number of halogens is 1. The lowest BCUT2D eigenvalue weighted by atomic mass is 10.4. The third-order valence-electron chi connectivity index (χ3n) is 1.11. The Morgan fingerprint density at radius 1 is 1.50 bits per heavy atom. The summed E-state index contributed by atoms with van der Waals surface area (Å²) in [6.07, 6.45) is 4.11. The van der Waals surface area contributed by atoms with Crippen LogP contribution in [-0.4, -0.2) is 22.7 Å². The minimum Gasteiger partial charge on any atom is -0.440 e. The molecule has 14 heavy (non-hydrogen) atoms. The van der Waals surface area contributed by atoms with Gasteiger partial charge in [0.1, 0.15) is 6.10 Å². The number of hydrogen-bond donors (Lipinski definition) is 1. The maximum absolute atomic E-state index is 10.4. The normalized spacial score (nSPS) is 13.8. The number of esters is 1. The number of allylic oxidation sites excluding steroid dienone is 2. The second kappa shape index (κ2) is 10.3. The Hall–Kier alpha value is -0.800. The van der Waals surface area contributed by atoms with E-state index in [9.17, 15) is 4.79 Å². The largest absolute Gasteiger partial charge is 0.440 e. The summed E-state index contributed by atoms with van der Waals surface area (Å²) >= 11 is 5.35. The van der Waals surface area contributed by atoms with E-state index in [1.807, 2.05) is 26.0 Å². The molecule has 0 saturated heterocycles. The van der Waals surface area contributed by atoms with E-state index in [2.05, 4.69) is 11.3 Å². The molecule has 3 nitrogen and oxygen atoms in total. The quantitative estimate of drug-likeness (QED) is 0.344. The molecule has 0 spiro atoms. The number of ether oxygens (including phenoxy) is 1. The number of carbonyl (C=O) groups is 1. The van der Waals surface area contributed by atoms with Gasteiger partial charge in [0.05, 0.1) is 0 Å². The fourth-order valence-corrected chi connectivity index (χ4v) is 0.345. The molecule has 2 unspecified atom stereocenters. The summed E-state index contributed by atoms with van der Waals surface area (Å²) in [7, 11) is 0. The van der Waals surface area contributed by atoms with Gasteiger partial charge in [0.15, 0.2) is 0 Å². The van der Waals surface area contributed by atoms with Crippen LogP contribution in [0, 0.1) is 0 Å². The van der Waals surface area contributed by atoms with Gasteiger partial charge in [-0.25, -0.2) is 4.79 Å². The van der Waals surface area contributed by atoms with Crippen molar-refractivity contribution in [2.45, 2.75) is 32.4 Å². The summed E-state index contributed by atoms with van der Waals surface area (Å²) in [5, 5.41) is 8.72. The fourth-order valence-electron chi connectivity index (χ4n) is 0.258. The Morgan fingerprint density at radius 3 is 2.14 bits per heavy atom. The van der Waals surface area contributed by atoms with Crippen molar-refractivity contribution in [3.63, 3.8) is 0 Å². The predicted octanol–water partition coefficient (Wildman–Crippen LogP) is 2.24. The van der Waals surface area contributed by atoms with Crippen molar-refractivity contribution in [3.05, 3.63) is 24.8 Å². The molecule has 0 bridgehead atoms. The average Bonchev–Trinajstić information content (AvgIpc) is 2.17. The molecule has 1 N–H and O–H groups in total. The Bertz CT molecular complexity index is 184. The first kappa shape index (κ1) is 15.7. The molecule has 0 fully saturated rings. The Labute approximate surface area is 90.0 Å². The van der Waals surface area contributed by atoms with Crippen LogP contribution in [0.4, 0.5) is 0 Å². The van der Waals surface area contributed by atoms with E-state index in [1.54, 1.807) is 0 Å². The molecule has 0 aromatic heterocycles. The van der Waals surface area contributed by atoms with Gasteiger partial charge >= 0.3 is 5.97 Å². The third kappa shape index (κ3) is 11.2. The molecule has 0 heterocycles. The zero-order valence-corrected chi connectivity index (χ0v) is 9.49. The molecule has 2 atom stereocenters. The highest BCUT2D eigenvalue weighted by atomic mass is 35.5. The van der Waals surface area contributed by atoms with Crippen LogP contribution < -0.4 is 0 Å². The van der Waals surface area contributed by atoms with Crippen molar-refractivity contribution < 1.29 is 14.6 Å². The average molecular weight is 221 g/mol. The maximum Gasteiger partial charge on any atom is 0.331 e. The third-order valence-corrected chi connectivity index (χ3v) is 1.56. The number of rotatable bonds is 3. The molecule has 0 aromatic rings. The number of alkyl halides is 1. The zero-order chi connectivity index (χ0) is 11.6. The molecular formula is C10H17ClO3. The Balaban J connectivity index is 0. The highest BCUT2D eigenvalue weighted by Crippen LogP contribution is 2.04. The van der Waals surface area contributed by atoms with Crippen LogP contribution in [0.15, 0.2) is 24.8 Å². The zero-order valence-electron chi connectivity index (χ0n) is 8.74. The van der Waals surface area contributed by atoms with E-state index in [0.29, 0.717) is 0 Å². The van der Waals surface area contributed by atoms with Crippen molar-refractivity contribution in [1.82, 2.24) is 0 Å². The topological polar surface area (TPSA) is 46.5 Å². The highest BCUT2D eigenvalue weighted by molar-refractivity contribution is 6.20. The van der Waals surface area contributed by atoms with Crippen LogP contribution in [0.5, 0.6) is 0 Å². The minimum absolute atomic E-state index is 0.638. The van der Waals surface area contributed by atoms with Crippen molar-refractivity contribution in [3.8, 4) is 0 Å². The molecule has 0 aliphatic carbocycles. The first-order chi connectivity index (χ1) is 6.49. The van der Waals surface area contributed by atoms with Crippen LogP contribution in [0.1, 0.15) is 20.8 Å². The molecule has 0 radical (unpaired) electrons. The molecule has 4 heteroatoms. The van der Waals surface area contributed by atoms with Crippen molar-refractivity contribution in [2.24, 2.45) is 0 Å². The first-order valence-corrected chi connectivity index (χ1v) is 4.65. The second-order valence-electron chi connectivity index (χ2n) is 2.40. The van der Waals surface area contributed by atoms with Crippen LogP contribution >= 0.6 is 11.6 Å². The number of aliphatic hydroxyl groups excluding tert-OH is 1. The molecule has 82 valence electrons. The smallest absolute Gasteiger partial charge is 0.331 e. The van der Waals surface area contributed by atoms with Crippen molar-refractivity contribution in [1.29, 1.82) is 0 Å². The van der Waals surface area contributed by atoms with Crippen LogP contribution in [0.2, 0.25) is 0 Å². The fraction of sp³-hybridized carbons (Fsp3) is 0.500. The highest BCUT2D eigenvalue weighted by Gasteiger charge is 2.13. The van der Waals surface area contributed by atoms with Crippen LogP contribution in [0.3, 0.4) is 0 Å². The molecule has 0 saturated carbocycles. The minimum atomic E-state index is -0.995. The number of hydrogen-bond acceptors (Lipinski definition) is 3. The number of aliphatic hydroxyl groups is 1. The van der Waals surface area contributed by atoms with E-state index in [1.165, 1.54) is 6.92 Å². The summed E-state index contributed by atoms with van der Waals surface area (Å²) in [5.74, 6) is -0.638. The van der Waals surface area contributed by atoms with E-state index in [-0.39, 0.29) is 0 Å². The van der Waals surface area contributed by atoms with Gasteiger partial charge < -0.3 is 9.84 Å². The lowest BCUT2D eigenvalue weighted by Gasteiger charge is -2.11. The second-order valence-corrected chi connectivity index (χ2v) is 2.83. The van der Waals surface area contributed by atoms with Gasteiger partial charge in [-0.2, -0.15) is 0 Å². The van der Waals surface area contributed by atoms with Gasteiger partial charge in [-0.3, -0.25) is 0 Å². The van der Waals surface area contributed by atoms with Gasteiger partial charge in [-0.15, -0.1) is 0 Å². The Morgan fingerprint density at radius 2 is 1.93 bits per heavy atom. The SMILES string of the molecule is C=CC(=O)OC(Cl)C(C)O.CC=CC. The number of carbonyl (C=O) groups excluding carboxylic acids is 1. The first-order valence-electron chi connectivity index (χ1n) is 4.22. The van der Waals surface area contributed by atoms with Crippen LogP contribution in [0.25, 0.3) is 0 Å². The summed E-state index contributed by atoms with van der Waals surface area (Å²) in [5.41, 5.74) is -0.995. The van der Waals surface area contributed by atoms with Gasteiger partial charge in [0.25, 0.3) is 0 Å². The predicted molar refractivity (Wildman–Crippen MR) is 58.1 cm³/mol. The molecule has 0 rings (SSSR count).